The number of hydrogen-bond donors (Lipinski definition) is 0. The molecule has 0 saturated heterocycles. The van der Waals surface area contributed by atoms with E-state index in [9.17, 15) is 13.2 Å². The standard InChI is InChI=1S/C17H17NO3S/c1-12-3-6-16(7-4-12)22(20,21)18-10-9-15-11-14(13(2)19)5-8-17(15)18/h3-8,11H,9-10H2,1-2H3. The van der Waals surface area contributed by atoms with E-state index < -0.39 is 10.0 Å². The highest BCUT2D eigenvalue weighted by Crippen LogP contribution is 2.33. The number of hydrogen-bond acceptors (Lipinski definition) is 3. The van der Waals surface area contributed by atoms with Crippen LogP contribution in [0.3, 0.4) is 0 Å². The largest absolute Gasteiger partial charge is 0.295 e. The molecular weight excluding hydrogens is 298 g/mol. The third-order valence-electron chi connectivity index (χ3n) is 3.95. The molecule has 22 heavy (non-hydrogen) atoms. The average molecular weight is 315 g/mol. The maximum Gasteiger partial charge on any atom is 0.264 e. The van der Waals surface area contributed by atoms with Gasteiger partial charge >= 0.3 is 0 Å². The first-order chi connectivity index (χ1) is 10.4. The van der Waals surface area contributed by atoms with Crippen LogP contribution in [0.5, 0.6) is 0 Å². The number of carbonyl (C=O) groups excluding carboxylic acids is 1. The Morgan fingerprint density at radius 2 is 1.77 bits per heavy atom. The molecule has 2 aromatic carbocycles. The molecule has 1 aliphatic heterocycles. The summed E-state index contributed by atoms with van der Waals surface area (Å²) in [6, 6.07) is 12.1. The normalized spacial score (nSPS) is 14.0. The van der Waals surface area contributed by atoms with E-state index >= 15 is 0 Å². The Balaban J connectivity index is 2.02. The minimum atomic E-state index is -3.55. The number of ketones is 1. The van der Waals surface area contributed by atoms with Gasteiger partial charge in [0.25, 0.3) is 10.0 Å². The molecule has 0 radical (unpaired) electrons. The van der Waals surface area contributed by atoms with E-state index in [1.807, 2.05) is 6.92 Å². The zero-order valence-electron chi connectivity index (χ0n) is 12.5. The first-order valence-corrected chi connectivity index (χ1v) is 8.57. The molecular formula is C17H17NO3S. The summed E-state index contributed by atoms with van der Waals surface area (Å²) in [5.41, 5.74) is 3.22. The molecule has 2 aromatic rings. The molecule has 0 saturated carbocycles. The van der Waals surface area contributed by atoms with Crippen molar-refractivity contribution in [1.82, 2.24) is 0 Å². The van der Waals surface area contributed by atoms with Gasteiger partial charge in [-0.25, -0.2) is 8.42 Å². The lowest BCUT2D eigenvalue weighted by molar-refractivity contribution is 0.101. The van der Waals surface area contributed by atoms with Gasteiger partial charge in [0, 0.05) is 12.1 Å². The number of fused-ring (bicyclic) bond motifs is 1. The Kier molecular flexibility index (Phi) is 3.53. The fraction of sp³-hybridized carbons (Fsp3) is 0.235. The molecule has 114 valence electrons. The molecule has 0 unspecified atom stereocenters. The lowest BCUT2D eigenvalue weighted by atomic mass is 10.1. The van der Waals surface area contributed by atoms with E-state index in [0.717, 1.165) is 11.1 Å². The number of nitrogens with zero attached hydrogens (tertiary/aromatic N) is 1. The first-order valence-electron chi connectivity index (χ1n) is 7.13. The van der Waals surface area contributed by atoms with Gasteiger partial charge < -0.3 is 0 Å². The van der Waals surface area contributed by atoms with Crippen molar-refractivity contribution in [3.8, 4) is 0 Å². The van der Waals surface area contributed by atoms with E-state index in [2.05, 4.69) is 0 Å². The van der Waals surface area contributed by atoms with Gasteiger partial charge in [0.05, 0.1) is 10.6 Å². The van der Waals surface area contributed by atoms with Gasteiger partial charge in [-0.1, -0.05) is 17.7 Å². The molecule has 5 heteroatoms. The van der Waals surface area contributed by atoms with Crippen molar-refractivity contribution in [3.63, 3.8) is 0 Å². The molecule has 0 aromatic heterocycles. The van der Waals surface area contributed by atoms with Crippen LogP contribution >= 0.6 is 0 Å². The van der Waals surface area contributed by atoms with Gasteiger partial charge in [0.2, 0.25) is 0 Å². The Labute approximate surface area is 130 Å². The molecule has 0 amide bonds. The quantitative estimate of drug-likeness (QED) is 0.818. The lowest BCUT2D eigenvalue weighted by Crippen LogP contribution is -2.29. The van der Waals surface area contributed by atoms with Crippen molar-refractivity contribution in [2.45, 2.75) is 25.2 Å². The number of anilines is 1. The fourth-order valence-electron chi connectivity index (χ4n) is 2.68. The summed E-state index contributed by atoms with van der Waals surface area (Å²) in [5.74, 6) is -0.0114. The second-order valence-corrected chi connectivity index (χ2v) is 7.40. The topological polar surface area (TPSA) is 54.5 Å². The smallest absolute Gasteiger partial charge is 0.264 e. The van der Waals surface area contributed by atoms with Crippen molar-refractivity contribution in [2.24, 2.45) is 0 Å². The molecule has 4 nitrogen and oxygen atoms in total. The molecule has 1 heterocycles. The van der Waals surface area contributed by atoms with E-state index in [-0.39, 0.29) is 5.78 Å². The van der Waals surface area contributed by atoms with Crippen molar-refractivity contribution in [1.29, 1.82) is 0 Å². The Morgan fingerprint density at radius 1 is 1.09 bits per heavy atom. The highest BCUT2D eigenvalue weighted by atomic mass is 32.2. The number of sulfonamides is 1. The van der Waals surface area contributed by atoms with E-state index in [4.69, 9.17) is 0 Å². The van der Waals surface area contributed by atoms with Crippen LogP contribution in [-0.2, 0) is 16.4 Å². The monoisotopic (exact) mass is 315 g/mol. The van der Waals surface area contributed by atoms with E-state index in [1.54, 1.807) is 42.5 Å². The Morgan fingerprint density at radius 3 is 2.41 bits per heavy atom. The third-order valence-corrected chi connectivity index (χ3v) is 5.78. The van der Waals surface area contributed by atoms with Gasteiger partial charge in [-0.15, -0.1) is 0 Å². The maximum atomic E-state index is 12.8. The minimum Gasteiger partial charge on any atom is -0.295 e. The lowest BCUT2D eigenvalue weighted by Gasteiger charge is -2.19. The molecule has 0 atom stereocenters. The number of benzene rings is 2. The average Bonchev–Trinajstić information content (AvgIpc) is 2.91. The van der Waals surface area contributed by atoms with Crippen molar-refractivity contribution < 1.29 is 13.2 Å². The summed E-state index contributed by atoms with van der Waals surface area (Å²) < 4.78 is 27.0. The highest BCUT2D eigenvalue weighted by Gasteiger charge is 2.31. The maximum absolute atomic E-state index is 12.8. The van der Waals surface area contributed by atoms with Gasteiger partial charge in [0.1, 0.15) is 0 Å². The summed E-state index contributed by atoms with van der Waals surface area (Å²) in [6.07, 6.45) is 0.627. The van der Waals surface area contributed by atoms with Crippen LogP contribution in [0.25, 0.3) is 0 Å². The van der Waals surface area contributed by atoms with Crippen LogP contribution in [0.4, 0.5) is 5.69 Å². The van der Waals surface area contributed by atoms with Crippen LogP contribution in [0, 0.1) is 6.92 Å². The molecule has 3 rings (SSSR count). The molecule has 0 fully saturated rings. The van der Waals surface area contributed by atoms with Crippen LogP contribution in [0.2, 0.25) is 0 Å². The third kappa shape index (κ3) is 2.41. The summed E-state index contributed by atoms with van der Waals surface area (Å²) in [7, 11) is -3.55. The molecule has 0 spiro atoms. The van der Waals surface area contributed by atoms with Gasteiger partial charge in [-0.2, -0.15) is 0 Å². The number of rotatable bonds is 3. The van der Waals surface area contributed by atoms with Crippen LogP contribution in [0.15, 0.2) is 47.4 Å². The Hall–Kier alpha value is -2.14. The van der Waals surface area contributed by atoms with Gasteiger partial charge in [-0.05, 0) is 56.2 Å². The predicted molar refractivity (Wildman–Crippen MR) is 85.9 cm³/mol. The molecule has 0 aliphatic carbocycles. The Bertz CT molecular complexity index is 839. The predicted octanol–water partition coefficient (Wildman–Crippen LogP) is 2.95. The van der Waals surface area contributed by atoms with E-state index in [0.29, 0.717) is 29.1 Å². The SMILES string of the molecule is CC(=O)c1ccc2c(c1)CCN2S(=O)(=O)c1ccc(C)cc1. The molecule has 0 N–H and O–H groups in total. The van der Waals surface area contributed by atoms with E-state index in [1.165, 1.54) is 11.2 Å². The summed E-state index contributed by atoms with van der Waals surface area (Å²) in [6.45, 7) is 3.84. The highest BCUT2D eigenvalue weighted by molar-refractivity contribution is 7.92. The van der Waals surface area contributed by atoms with Crippen LogP contribution < -0.4 is 4.31 Å². The summed E-state index contributed by atoms with van der Waals surface area (Å²) in [5, 5.41) is 0. The van der Waals surface area contributed by atoms with Crippen LogP contribution in [-0.4, -0.2) is 20.7 Å². The van der Waals surface area contributed by atoms with Crippen molar-refractivity contribution in [2.75, 3.05) is 10.8 Å². The van der Waals surface area contributed by atoms with Crippen molar-refractivity contribution in [3.05, 3.63) is 59.2 Å². The van der Waals surface area contributed by atoms with Gasteiger partial charge in [-0.3, -0.25) is 9.10 Å². The first kappa shape index (κ1) is 14.8. The summed E-state index contributed by atoms with van der Waals surface area (Å²) >= 11 is 0. The second-order valence-electron chi connectivity index (χ2n) is 5.54. The van der Waals surface area contributed by atoms with Gasteiger partial charge in [0.15, 0.2) is 5.78 Å². The zero-order valence-corrected chi connectivity index (χ0v) is 13.4. The molecule has 0 bridgehead atoms. The second kappa shape index (κ2) is 5.25. The summed E-state index contributed by atoms with van der Waals surface area (Å²) in [4.78, 5) is 11.7. The number of carbonyl (C=O) groups is 1. The number of Topliss-reactive ketones (excluding diaryl/α,β-unsaturated/α-hetero) is 1. The number of aryl methyl sites for hydroxylation is 1. The van der Waals surface area contributed by atoms with Crippen LogP contribution in [0.1, 0.15) is 28.4 Å². The fourth-order valence-corrected chi connectivity index (χ4v) is 4.18. The molecule has 1 aliphatic rings. The minimum absolute atomic E-state index is 0.0114. The van der Waals surface area contributed by atoms with Crippen molar-refractivity contribution >= 4 is 21.5 Å². The zero-order chi connectivity index (χ0) is 15.9.